The number of aromatic nitrogens is 2. The van der Waals surface area contributed by atoms with E-state index in [1.807, 2.05) is 19.1 Å². The van der Waals surface area contributed by atoms with E-state index < -0.39 is 5.56 Å². The third-order valence-corrected chi connectivity index (χ3v) is 4.06. The molecule has 0 bridgehead atoms. The zero-order valence-corrected chi connectivity index (χ0v) is 14.7. The lowest BCUT2D eigenvalue weighted by molar-refractivity contribution is -0.116. The van der Waals surface area contributed by atoms with Crippen LogP contribution < -0.4 is 21.9 Å². The zero-order valence-electron chi connectivity index (χ0n) is 13.9. The topological polar surface area (TPSA) is 130 Å². The summed E-state index contributed by atoms with van der Waals surface area (Å²) in [5, 5.41) is 5.35. The molecule has 0 aliphatic heterocycles. The second-order valence-corrected chi connectivity index (χ2v) is 6.20. The number of nitrogens with zero attached hydrogens (tertiary/aromatic N) is 1. The molecule has 0 spiro atoms. The van der Waals surface area contributed by atoms with Crippen molar-refractivity contribution in [2.75, 3.05) is 22.1 Å². The smallest absolute Gasteiger partial charge is 0.277 e. The molecular weight excluding hydrogens is 342 g/mol. The van der Waals surface area contributed by atoms with Crippen molar-refractivity contribution in [3.63, 3.8) is 0 Å². The molecular formula is C16H19N5O3S. The Hall–Kier alpha value is -2.81. The van der Waals surface area contributed by atoms with Crippen LogP contribution in [0.15, 0.2) is 34.2 Å². The molecule has 0 aliphatic rings. The standard InChI is InChI=1S/C16H19N5O3S/c1-3-11(22)19-13-14(17)20-16(21-15(13)24)25-8-12(23)18-10-6-4-9(2)5-7-10/h4-7H,3,8H2,1-2H3,(H,18,23)(H,19,22)(H3,17,20,21,24). The predicted molar refractivity (Wildman–Crippen MR) is 98.7 cm³/mol. The molecule has 2 aromatic rings. The summed E-state index contributed by atoms with van der Waals surface area (Å²) in [5.74, 6) is -0.612. The second kappa shape index (κ2) is 8.34. The lowest BCUT2D eigenvalue weighted by Gasteiger charge is -2.08. The van der Waals surface area contributed by atoms with Crippen LogP contribution in [0.1, 0.15) is 18.9 Å². The van der Waals surface area contributed by atoms with Crippen molar-refractivity contribution >= 4 is 40.8 Å². The van der Waals surface area contributed by atoms with Crippen LogP contribution in [0, 0.1) is 6.92 Å². The molecule has 0 unspecified atom stereocenters. The highest BCUT2D eigenvalue weighted by Gasteiger charge is 2.12. The average Bonchev–Trinajstić information content (AvgIpc) is 2.58. The van der Waals surface area contributed by atoms with Crippen molar-refractivity contribution in [2.45, 2.75) is 25.4 Å². The lowest BCUT2D eigenvalue weighted by Crippen LogP contribution is -2.22. The summed E-state index contributed by atoms with van der Waals surface area (Å²) < 4.78 is 0. The summed E-state index contributed by atoms with van der Waals surface area (Å²) in [6.07, 6.45) is 0.217. The second-order valence-electron chi connectivity index (χ2n) is 5.24. The van der Waals surface area contributed by atoms with E-state index in [9.17, 15) is 14.4 Å². The summed E-state index contributed by atoms with van der Waals surface area (Å²) in [6, 6.07) is 7.40. The van der Waals surface area contributed by atoms with Gasteiger partial charge in [0.2, 0.25) is 11.8 Å². The van der Waals surface area contributed by atoms with Gasteiger partial charge in [-0.05, 0) is 19.1 Å². The maximum absolute atomic E-state index is 12.0. The van der Waals surface area contributed by atoms with E-state index in [0.717, 1.165) is 17.3 Å². The van der Waals surface area contributed by atoms with E-state index in [1.165, 1.54) is 0 Å². The number of carbonyl (C=O) groups excluding carboxylic acids is 2. The Morgan fingerprint density at radius 1 is 1.20 bits per heavy atom. The van der Waals surface area contributed by atoms with E-state index in [4.69, 9.17) is 5.73 Å². The van der Waals surface area contributed by atoms with Gasteiger partial charge in [-0.15, -0.1) is 0 Å². The Kier molecular flexibility index (Phi) is 6.18. The van der Waals surface area contributed by atoms with Crippen LogP contribution >= 0.6 is 11.8 Å². The van der Waals surface area contributed by atoms with E-state index in [-0.39, 0.29) is 40.6 Å². The van der Waals surface area contributed by atoms with Crippen LogP contribution in [0.25, 0.3) is 0 Å². The number of carbonyl (C=O) groups is 2. The van der Waals surface area contributed by atoms with Crippen LogP contribution in [0.5, 0.6) is 0 Å². The van der Waals surface area contributed by atoms with E-state index >= 15 is 0 Å². The third-order valence-electron chi connectivity index (χ3n) is 3.19. The molecule has 8 nitrogen and oxygen atoms in total. The van der Waals surface area contributed by atoms with Gasteiger partial charge in [0.1, 0.15) is 5.69 Å². The van der Waals surface area contributed by atoms with Crippen molar-refractivity contribution in [3.8, 4) is 0 Å². The number of aryl methyl sites for hydroxylation is 1. The Balaban J connectivity index is 1.98. The molecule has 0 fully saturated rings. The highest BCUT2D eigenvalue weighted by molar-refractivity contribution is 7.99. The zero-order chi connectivity index (χ0) is 18.4. The Bertz CT molecular complexity index is 833. The van der Waals surface area contributed by atoms with Crippen molar-refractivity contribution in [1.29, 1.82) is 0 Å². The molecule has 0 aliphatic carbocycles. The number of aromatic amines is 1. The molecule has 2 amide bonds. The quantitative estimate of drug-likeness (QED) is 0.458. The highest BCUT2D eigenvalue weighted by atomic mass is 32.2. The first-order chi connectivity index (χ1) is 11.9. The van der Waals surface area contributed by atoms with Gasteiger partial charge in [0.05, 0.1) is 5.75 Å². The molecule has 0 saturated carbocycles. The first-order valence-corrected chi connectivity index (χ1v) is 8.56. The number of rotatable bonds is 6. The van der Waals surface area contributed by atoms with Crippen LogP contribution in [-0.2, 0) is 9.59 Å². The summed E-state index contributed by atoms with van der Waals surface area (Å²) in [4.78, 5) is 41.8. The number of anilines is 3. The minimum Gasteiger partial charge on any atom is -0.382 e. The first kappa shape index (κ1) is 18.5. The number of nitrogen functional groups attached to an aromatic ring is 1. The molecule has 1 heterocycles. The van der Waals surface area contributed by atoms with Gasteiger partial charge in [-0.2, -0.15) is 0 Å². The fourth-order valence-electron chi connectivity index (χ4n) is 1.85. The van der Waals surface area contributed by atoms with Gasteiger partial charge in [-0.3, -0.25) is 19.4 Å². The number of benzene rings is 1. The Labute approximate surface area is 148 Å². The maximum atomic E-state index is 12.0. The van der Waals surface area contributed by atoms with Crippen molar-refractivity contribution in [3.05, 3.63) is 40.2 Å². The molecule has 2 rings (SSSR count). The average molecular weight is 361 g/mol. The molecule has 1 aromatic carbocycles. The fourth-order valence-corrected chi connectivity index (χ4v) is 2.52. The number of H-pyrrole nitrogens is 1. The van der Waals surface area contributed by atoms with Crippen LogP contribution in [0.3, 0.4) is 0 Å². The molecule has 0 radical (unpaired) electrons. The number of hydrogen-bond donors (Lipinski definition) is 4. The van der Waals surface area contributed by atoms with Gasteiger partial charge in [0, 0.05) is 12.1 Å². The predicted octanol–water partition coefficient (Wildman–Crippen LogP) is 1.74. The summed E-state index contributed by atoms with van der Waals surface area (Å²) in [7, 11) is 0. The van der Waals surface area contributed by atoms with E-state index in [2.05, 4.69) is 20.6 Å². The summed E-state index contributed by atoms with van der Waals surface area (Å²) >= 11 is 1.04. The molecule has 0 saturated heterocycles. The van der Waals surface area contributed by atoms with Crippen LogP contribution in [0.2, 0.25) is 0 Å². The molecule has 0 atom stereocenters. The number of thioether (sulfide) groups is 1. The number of hydrogen-bond acceptors (Lipinski definition) is 6. The minimum atomic E-state index is -0.559. The third kappa shape index (κ3) is 5.35. The normalized spacial score (nSPS) is 10.3. The number of nitrogens with two attached hydrogens (primary N) is 1. The van der Waals surface area contributed by atoms with Crippen molar-refractivity contribution in [1.82, 2.24) is 9.97 Å². The fraction of sp³-hybridized carbons (Fsp3) is 0.250. The summed E-state index contributed by atoms with van der Waals surface area (Å²) in [6.45, 7) is 3.62. The van der Waals surface area contributed by atoms with Gasteiger partial charge >= 0.3 is 0 Å². The van der Waals surface area contributed by atoms with Gasteiger partial charge < -0.3 is 16.4 Å². The molecule has 1 aromatic heterocycles. The molecule has 25 heavy (non-hydrogen) atoms. The van der Waals surface area contributed by atoms with Gasteiger partial charge in [0.25, 0.3) is 5.56 Å². The van der Waals surface area contributed by atoms with Crippen LogP contribution in [-0.4, -0.2) is 27.5 Å². The number of amides is 2. The Morgan fingerprint density at radius 2 is 1.88 bits per heavy atom. The number of nitrogens with one attached hydrogen (secondary N) is 3. The SMILES string of the molecule is CCC(=O)Nc1c(N)nc(SCC(=O)Nc2ccc(C)cc2)[nH]c1=O. The summed E-state index contributed by atoms with van der Waals surface area (Å²) in [5.41, 5.74) is 6.85. The van der Waals surface area contributed by atoms with Crippen LogP contribution in [0.4, 0.5) is 17.2 Å². The Morgan fingerprint density at radius 3 is 2.48 bits per heavy atom. The minimum absolute atomic E-state index is 0.0525. The highest BCUT2D eigenvalue weighted by Crippen LogP contribution is 2.17. The first-order valence-electron chi connectivity index (χ1n) is 7.58. The maximum Gasteiger partial charge on any atom is 0.277 e. The van der Waals surface area contributed by atoms with Gasteiger partial charge in [0.15, 0.2) is 11.0 Å². The largest absolute Gasteiger partial charge is 0.382 e. The molecule has 5 N–H and O–H groups in total. The van der Waals surface area contributed by atoms with E-state index in [1.54, 1.807) is 19.1 Å². The van der Waals surface area contributed by atoms with Gasteiger partial charge in [-0.1, -0.05) is 36.4 Å². The van der Waals surface area contributed by atoms with Crippen molar-refractivity contribution in [2.24, 2.45) is 0 Å². The molecule has 132 valence electrons. The van der Waals surface area contributed by atoms with Gasteiger partial charge in [-0.25, -0.2) is 4.98 Å². The monoisotopic (exact) mass is 361 g/mol. The van der Waals surface area contributed by atoms with Crippen molar-refractivity contribution < 1.29 is 9.59 Å². The molecule has 9 heteroatoms. The van der Waals surface area contributed by atoms with E-state index in [0.29, 0.717) is 5.69 Å². The lowest BCUT2D eigenvalue weighted by atomic mass is 10.2.